The molecule has 1 aromatic carbocycles. The van der Waals surface area contributed by atoms with Gasteiger partial charge in [-0.1, -0.05) is 42.5 Å². The average molecular weight is 450 g/mol. The van der Waals surface area contributed by atoms with Gasteiger partial charge in [0.2, 0.25) is 17.7 Å². The predicted octanol–water partition coefficient (Wildman–Crippen LogP) is 3.36. The number of rotatable bonds is 11. The van der Waals surface area contributed by atoms with Crippen LogP contribution in [-0.4, -0.2) is 58.7 Å². The number of benzene rings is 1. The number of ether oxygens (including phenoxy) is 1. The molecule has 7 nitrogen and oxygen atoms in total. The number of pyridine rings is 1. The first-order valence-corrected chi connectivity index (χ1v) is 11.2. The van der Waals surface area contributed by atoms with E-state index < -0.39 is 5.41 Å². The number of likely N-dealkylation sites (N-methyl/N-ethyl adjacent to an activating group) is 1. The van der Waals surface area contributed by atoms with Gasteiger partial charge in [-0.15, -0.1) is 0 Å². The van der Waals surface area contributed by atoms with E-state index in [9.17, 15) is 14.4 Å². The molecule has 0 radical (unpaired) electrons. The molecule has 0 aliphatic carbocycles. The molecule has 0 spiro atoms. The lowest BCUT2D eigenvalue weighted by Gasteiger charge is -2.30. The molecule has 3 rings (SSSR count). The molecule has 1 saturated heterocycles. The standard InChI is InChI=1S/C26H31N3O4/c1-4-28(19-20(2)3)23(30)16-26(21-10-6-5-7-11-21)17-24(31)29(25(26)32)14-9-15-33-22-12-8-13-27-18-22/h5-8,10-13,18H,2,4,9,14-17,19H2,1,3H3/t26-/m1/s1. The Kier molecular flexibility index (Phi) is 7.98. The minimum absolute atomic E-state index is 0.0182. The highest BCUT2D eigenvalue weighted by Gasteiger charge is 2.53. The van der Waals surface area contributed by atoms with Gasteiger partial charge >= 0.3 is 0 Å². The predicted molar refractivity (Wildman–Crippen MR) is 125 cm³/mol. The molecule has 174 valence electrons. The van der Waals surface area contributed by atoms with E-state index in [1.54, 1.807) is 29.4 Å². The van der Waals surface area contributed by atoms with Gasteiger partial charge in [0.05, 0.1) is 18.2 Å². The van der Waals surface area contributed by atoms with Crippen molar-refractivity contribution in [3.8, 4) is 5.75 Å². The maximum Gasteiger partial charge on any atom is 0.240 e. The van der Waals surface area contributed by atoms with Gasteiger partial charge in [-0.3, -0.25) is 24.3 Å². The lowest BCUT2D eigenvalue weighted by Crippen LogP contribution is -2.44. The van der Waals surface area contributed by atoms with Crippen molar-refractivity contribution in [3.05, 3.63) is 72.6 Å². The van der Waals surface area contributed by atoms with E-state index >= 15 is 0 Å². The largest absolute Gasteiger partial charge is 0.492 e. The number of imide groups is 1. The van der Waals surface area contributed by atoms with Crippen molar-refractivity contribution in [2.45, 2.75) is 38.5 Å². The molecule has 0 saturated carbocycles. The molecule has 2 aromatic rings. The van der Waals surface area contributed by atoms with E-state index in [1.807, 2.05) is 44.2 Å². The summed E-state index contributed by atoms with van der Waals surface area (Å²) in [7, 11) is 0. The van der Waals surface area contributed by atoms with Crippen molar-refractivity contribution in [3.63, 3.8) is 0 Å². The Morgan fingerprint density at radius 3 is 2.61 bits per heavy atom. The maximum atomic E-state index is 13.6. The maximum absolute atomic E-state index is 13.6. The Labute approximate surface area is 195 Å². The van der Waals surface area contributed by atoms with Crippen LogP contribution in [0.25, 0.3) is 0 Å². The molecule has 1 aromatic heterocycles. The smallest absolute Gasteiger partial charge is 0.240 e. The van der Waals surface area contributed by atoms with Gasteiger partial charge in [-0.05, 0) is 38.0 Å². The van der Waals surface area contributed by atoms with Gasteiger partial charge in [0, 0.05) is 38.7 Å². The zero-order chi connectivity index (χ0) is 23.8. The fraction of sp³-hybridized carbons (Fsp3) is 0.385. The number of likely N-dealkylation sites (tertiary alicyclic amines) is 1. The Bertz CT molecular complexity index is 993. The fourth-order valence-electron chi connectivity index (χ4n) is 4.17. The van der Waals surface area contributed by atoms with Crippen molar-refractivity contribution in [1.82, 2.24) is 14.8 Å². The van der Waals surface area contributed by atoms with Gasteiger partial charge < -0.3 is 9.64 Å². The number of carbonyl (C=O) groups excluding carboxylic acids is 3. The lowest BCUT2D eigenvalue weighted by atomic mass is 9.75. The van der Waals surface area contributed by atoms with Crippen LogP contribution in [0.2, 0.25) is 0 Å². The summed E-state index contributed by atoms with van der Waals surface area (Å²) in [5.41, 5.74) is 0.363. The third-order valence-corrected chi connectivity index (χ3v) is 5.81. The number of amides is 3. The van der Waals surface area contributed by atoms with Crippen LogP contribution in [0.3, 0.4) is 0 Å². The van der Waals surface area contributed by atoms with E-state index in [4.69, 9.17) is 4.74 Å². The molecule has 0 bridgehead atoms. The van der Waals surface area contributed by atoms with Crippen LogP contribution in [0.4, 0.5) is 0 Å². The third-order valence-electron chi connectivity index (χ3n) is 5.81. The van der Waals surface area contributed by atoms with Crippen molar-refractivity contribution >= 4 is 17.7 Å². The highest BCUT2D eigenvalue weighted by molar-refractivity contribution is 6.10. The van der Waals surface area contributed by atoms with E-state index in [2.05, 4.69) is 11.6 Å². The summed E-state index contributed by atoms with van der Waals surface area (Å²) in [6.45, 7) is 9.18. The van der Waals surface area contributed by atoms with Crippen LogP contribution in [0.15, 0.2) is 67.0 Å². The van der Waals surface area contributed by atoms with Crippen LogP contribution in [-0.2, 0) is 19.8 Å². The zero-order valence-electron chi connectivity index (χ0n) is 19.3. The second-order valence-electron chi connectivity index (χ2n) is 8.41. The topological polar surface area (TPSA) is 79.8 Å². The second-order valence-corrected chi connectivity index (χ2v) is 8.41. The lowest BCUT2D eigenvalue weighted by molar-refractivity contribution is -0.142. The molecular formula is C26H31N3O4. The molecule has 33 heavy (non-hydrogen) atoms. The Morgan fingerprint density at radius 2 is 1.97 bits per heavy atom. The molecule has 1 atom stereocenters. The fourth-order valence-corrected chi connectivity index (χ4v) is 4.17. The van der Waals surface area contributed by atoms with Crippen LogP contribution in [0.1, 0.15) is 38.7 Å². The first-order valence-electron chi connectivity index (χ1n) is 11.2. The monoisotopic (exact) mass is 449 g/mol. The number of aromatic nitrogens is 1. The van der Waals surface area contributed by atoms with Crippen molar-refractivity contribution in [2.75, 3.05) is 26.2 Å². The highest BCUT2D eigenvalue weighted by atomic mass is 16.5. The molecule has 7 heteroatoms. The summed E-state index contributed by atoms with van der Waals surface area (Å²) in [6.07, 6.45) is 3.70. The molecule has 1 aliphatic rings. The van der Waals surface area contributed by atoms with Crippen LogP contribution in [0, 0.1) is 0 Å². The molecule has 1 fully saturated rings. The van der Waals surface area contributed by atoms with Crippen molar-refractivity contribution in [1.29, 1.82) is 0 Å². The molecular weight excluding hydrogens is 418 g/mol. The minimum Gasteiger partial charge on any atom is -0.492 e. The second kappa shape index (κ2) is 10.9. The quantitative estimate of drug-likeness (QED) is 0.299. The summed E-state index contributed by atoms with van der Waals surface area (Å²) in [6, 6.07) is 12.7. The van der Waals surface area contributed by atoms with Gasteiger partial charge in [0.1, 0.15) is 5.75 Å². The Morgan fingerprint density at radius 1 is 1.21 bits per heavy atom. The number of carbonyl (C=O) groups is 3. The van der Waals surface area contributed by atoms with Crippen molar-refractivity contribution < 1.29 is 19.1 Å². The molecule has 3 amide bonds. The first kappa shape index (κ1) is 24.2. The molecule has 0 N–H and O–H groups in total. The molecule has 1 aliphatic heterocycles. The Hall–Kier alpha value is -3.48. The van der Waals surface area contributed by atoms with Crippen LogP contribution in [0.5, 0.6) is 5.75 Å². The third kappa shape index (κ3) is 5.66. The summed E-state index contributed by atoms with van der Waals surface area (Å²) in [4.78, 5) is 46.7. The number of nitrogens with zero attached hydrogens (tertiary/aromatic N) is 3. The average Bonchev–Trinajstić information content (AvgIpc) is 3.06. The SMILES string of the molecule is C=C(C)CN(CC)C(=O)C[C@]1(c2ccccc2)CC(=O)N(CCCOc2cccnc2)C1=O. The first-order chi connectivity index (χ1) is 15.9. The van der Waals surface area contributed by atoms with Crippen LogP contribution >= 0.6 is 0 Å². The summed E-state index contributed by atoms with van der Waals surface area (Å²) < 4.78 is 5.64. The van der Waals surface area contributed by atoms with Gasteiger partial charge in [-0.2, -0.15) is 0 Å². The zero-order valence-corrected chi connectivity index (χ0v) is 19.3. The molecule has 2 heterocycles. The van der Waals surface area contributed by atoms with Gasteiger partial charge in [0.25, 0.3) is 0 Å². The number of hydrogen-bond donors (Lipinski definition) is 0. The van der Waals surface area contributed by atoms with E-state index in [-0.39, 0.29) is 37.1 Å². The summed E-state index contributed by atoms with van der Waals surface area (Å²) in [5, 5.41) is 0. The Balaban J connectivity index is 1.76. The highest BCUT2D eigenvalue weighted by Crippen LogP contribution is 2.40. The van der Waals surface area contributed by atoms with Gasteiger partial charge in [-0.25, -0.2) is 0 Å². The van der Waals surface area contributed by atoms with Crippen LogP contribution < -0.4 is 4.74 Å². The summed E-state index contributed by atoms with van der Waals surface area (Å²) in [5.74, 6) is -0.106. The summed E-state index contributed by atoms with van der Waals surface area (Å²) >= 11 is 0. The minimum atomic E-state index is -1.19. The van der Waals surface area contributed by atoms with E-state index in [1.165, 1.54) is 4.90 Å². The number of hydrogen-bond acceptors (Lipinski definition) is 5. The van der Waals surface area contributed by atoms with E-state index in [0.29, 0.717) is 37.4 Å². The van der Waals surface area contributed by atoms with Crippen molar-refractivity contribution in [2.24, 2.45) is 0 Å². The van der Waals surface area contributed by atoms with Gasteiger partial charge in [0.15, 0.2) is 0 Å². The van der Waals surface area contributed by atoms with E-state index in [0.717, 1.165) is 5.57 Å². The normalized spacial score (nSPS) is 17.8. The molecule has 0 unspecified atom stereocenters.